The van der Waals surface area contributed by atoms with Crippen molar-refractivity contribution in [2.24, 2.45) is 0 Å². The number of nitrogens with one attached hydrogen (secondary N) is 2. The topological polar surface area (TPSA) is 124 Å². The predicted octanol–water partition coefficient (Wildman–Crippen LogP) is 1.93. The Morgan fingerprint density at radius 3 is 1.50 bits per heavy atom. The first kappa shape index (κ1) is 24.1. The SMILES string of the molecule is O=C1c2c(O)ccc(O)c2C(=O)c2c(NCCN3CCOC3=S)ccc(NCCN3CCOC3=S)c21. The van der Waals surface area contributed by atoms with Crippen molar-refractivity contribution < 1.29 is 29.3 Å². The largest absolute Gasteiger partial charge is 0.507 e. The van der Waals surface area contributed by atoms with Crippen molar-refractivity contribution in [2.45, 2.75) is 0 Å². The molecule has 2 aromatic carbocycles. The van der Waals surface area contributed by atoms with Crippen LogP contribution in [0.3, 0.4) is 0 Å². The van der Waals surface area contributed by atoms with Crippen LogP contribution in [0.25, 0.3) is 0 Å². The monoisotopic (exact) mass is 528 g/mol. The number of anilines is 2. The minimum absolute atomic E-state index is 0.138. The van der Waals surface area contributed by atoms with E-state index in [0.717, 1.165) is 0 Å². The molecular weight excluding hydrogens is 504 g/mol. The van der Waals surface area contributed by atoms with Gasteiger partial charge in [0.15, 0.2) is 0 Å². The first-order valence-corrected chi connectivity index (χ1v) is 12.3. The Morgan fingerprint density at radius 2 is 1.14 bits per heavy atom. The normalized spacial score (nSPS) is 16.6. The maximum Gasteiger partial charge on any atom is 0.259 e. The van der Waals surface area contributed by atoms with Gasteiger partial charge in [-0.05, 0) is 48.7 Å². The number of fused-ring (bicyclic) bond motifs is 2. The summed E-state index contributed by atoms with van der Waals surface area (Å²) in [5, 5.41) is 28.1. The molecule has 188 valence electrons. The number of nitrogens with zero attached hydrogens (tertiary/aromatic N) is 2. The number of carbonyl (C=O) groups is 2. The number of rotatable bonds is 8. The molecule has 2 heterocycles. The van der Waals surface area contributed by atoms with Crippen LogP contribution in [0.1, 0.15) is 31.8 Å². The van der Waals surface area contributed by atoms with Gasteiger partial charge < -0.3 is 40.1 Å². The third-order valence-corrected chi connectivity index (χ3v) is 7.11. The van der Waals surface area contributed by atoms with Crippen molar-refractivity contribution in [3.8, 4) is 11.5 Å². The molecule has 4 N–H and O–H groups in total. The Hall–Kier alpha value is -3.64. The highest BCUT2D eigenvalue weighted by molar-refractivity contribution is 7.80. The molecule has 0 radical (unpaired) electrons. The molecule has 3 aliphatic rings. The number of ketones is 2. The number of ether oxygens (including phenoxy) is 2. The molecule has 2 aliphatic heterocycles. The molecule has 0 aromatic heterocycles. The van der Waals surface area contributed by atoms with E-state index < -0.39 is 11.6 Å². The van der Waals surface area contributed by atoms with E-state index in [1.165, 1.54) is 12.1 Å². The van der Waals surface area contributed by atoms with E-state index in [2.05, 4.69) is 10.6 Å². The Balaban J connectivity index is 1.46. The summed E-state index contributed by atoms with van der Waals surface area (Å²) >= 11 is 10.3. The molecule has 0 unspecified atom stereocenters. The smallest absolute Gasteiger partial charge is 0.259 e. The van der Waals surface area contributed by atoms with Gasteiger partial charge >= 0.3 is 0 Å². The summed E-state index contributed by atoms with van der Waals surface area (Å²) in [6.45, 7) is 4.43. The summed E-state index contributed by atoms with van der Waals surface area (Å²) in [4.78, 5) is 31.0. The molecule has 5 rings (SSSR count). The maximum absolute atomic E-state index is 13.6. The summed E-state index contributed by atoms with van der Waals surface area (Å²) in [5.41, 5.74) is 0.755. The molecule has 2 saturated heterocycles. The second-order valence-corrected chi connectivity index (χ2v) is 9.18. The van der Waals surface area contributed by atoms with Gasteiger partial charge in [0.05, 0.1) is 35.3 Å². The molecule has 36 heavy (non-hydrogen) atoms. The zero-order chi connectivity index (χ0) is 25.4. The van der Waals surface area contributed by atoms with Gasteiger partial charge in [-0.15, -0.1) is 0 Å². The van der Waals surface area contributed by atoms with E-state index in [-0.39, 0.29) is 33.8 Å². The van der Waals surface area contributed by atoms with Gasteiger partial charge in [-0.3, -0.25) is 9.59 Å². The number of carbonyl (C=O) groups excluding carboxylic acids is 2. The fraction of sp³-hybridized carbons (Fsp3) is 0.333. The van der Waals surface area contributed by atoms with Crippen LogP contribution in [0.5, 0.6) is 11.5 Å². The Bertz CT molecular complexity index is 1190. The number of benzene rings is 2. The lowest BCUT2D eigenvalue weighted by Crippen LogP contribution is -2.31. The highest BCUT2D eigenvalue weighted by Crippen LogP contribution is 2.42. The van der Waals surface area contributed by atoms with Crippen LogP contribution in [-0.2, 0) is 9.47 Å². The highest BCUT2D eigenvalue weighted by atomic mass is 32.1. The molecule has 12 heteroatoms. The Labute approximate surface area is 217 Å². The van der Waals surface area contributed by atoms with Crippen molar-refractivity contribution in [1.82, 2.24) is 9.80 Å². The number of thiocarbonyl (C=S) groups is 2. The summed E-state index contributed by atoms with van der Waals surface area (Å²) in [7, 11) is 0. The van der Waals surface area contributed by atoms with Gasteiger partial charge in [0.2, 0.25) is 11.6 Å². The number of phenolic OH excluding ortho intramolecular Hbond substituents is 2. The number of hydrogen-bond acceptors (Lipinski definition) is 10. The molecule has 0 amide bonds. The second kappa shape index (κ2) is 9.78. The lowest BCUT2D eigenvalue weighted by molar-refractivity contribution is 0.0975. The maximum atomic E-state index is 13.6. The van der Waals surface area contributed by atoms with Crippen molar-refractivity contribution in [1.29, 1.82) is 0 Å². The lowest BCUT2D eigenvalue weighted by Gasteiger charge is -2.25. The number of hydrogen-bond donors (Lipinski definition) is 4. The fourth-order valence-electron chi connectivity index (χ4n) is 4.57. The third-order valence-electron chi connectivity index (χ3n) is 6.36. The molecule has 0 spiro atoms. The summed E-state index contributed by atoms with van der Waals surface area (Å²) in [6, 6.07) is 5.85. The van der Waals surface area contributed by atoms with E-state index >= 15 is 0 Å². The van der Waals surface area contributed by atoms with Crippen LogP contribution in [0, 0.1) is 0 Å². The second-order valence-electron chi connectivity index (χ2n) is 8.48. The standard InChI is InChI=1S/C24H24N4O6S2/c29-15-3-4-16(30)20-19(15)21(31)17-13(25-5-7-27-9-11-33-23(27)35)1-2-14(18(17)22(20)32)26-6-8-28-10-12-34-24(28)36/h1-4,25-26,29-30H,5-12H2. The van der Waals surface area contributed by atoms with Crippen LogP contribution < -0.4 is 10.6 Å². The minimum atomic E-state index is -0.548. The van der Waals surface area contributed by atoms with E-state index in [1.54, 1.807) is 12.1 Å². The molecule has 0 atom stereocenters. The van der Waals surface area contributed by atoms with Crippen LogP contribution in [-0.4, -0.2) is 94.4 Å². The molecule has 2 aromatic rings. The van der Waals surface area contributed by atoms with Gasteiger partial charge in [-0.25, -0.2) is 0 Å². The van der Waals surface area contributed by atoms with Gasteiger partial charge in [0.25, 0.3) is 10.3 Å². The van der Waals surface area contributed by atoms with E-state index in [1.807, 2.05) is 9.80 Å². The van der Waals surface area contributed by atoms with Gasteiger partial charge in [-0.1, -0.05) is 0 Å². The number of phenols is 2. The van der Waals surface area contributed by atoms with Gasteiger partial charge in [0, 0.05) is 37.6 Å². The molecule has 1 aliphatic carbocycles. The molecule has 2 fully saturated rings. The van der Waals surface area contributed by atoms with Crippen molar-refractivity contribution in [3.05, 3.63) is 46.5 Å². The predicted molar refractivity (Wildman–Crippen MR) is 140 cm³/mol. The van der Waals surface area contributed by atoms with Crippen LogP contribution in [0.2, 0.25) is 0 Å². The quantitative estimate of drug-likeness (QED) is 0.252. The molecule has 10 nitrogen and oxygen atoms in total. The molecule has 0 saturated carbocycles. The summed E-state index contributed by atoms with van der Waals surface area (Å²) < 4.78 is 10.6. The Kier molecular flexibility index (Phi) is 6.54. The average Bonchev–Trinajstić information content (AvgIpc) is 3.46. The first-order chi connectivity index (χ1) is 17.4. The average molecular weight is 529 g/mol. The van der Waals surface area contributed by atoms with Crippen LogP contribution >= 0.6 is 24.4 Å². The van der Waals surface area contributed by atoms with E-state index in [4.69, 9.17) is 33.9 Å². The van der Waals surface area contributed by atoms with E-state index in [0.29, 0.717) is 74.2 Å². The van der Waals surface area contributed by atoms with Gasteiger partial charge in [-0.2, -0.15) is 0 Å². The number of aromatic hydroxyl groups is 2. The molecular formula is C24H24N4O6S2. The van der Waals surface area contributed by atoms with Crippen molar-refractivity contribution in [2.75, 3.05) is 63.1 Å². The van der Waals surface area contributed by atoms with Crippen LogP contribution in [0.4, 0.5) is 11.4 Å². The van der Waals surface area contributed by atoms with Crippen molar-refractivity contribution in [3.63, 3.8) is 0 Å². The Morgan fingerprint density at radius 1 is 0.722 bits per heavy atom. The lowest BCUT2D eigenvalue weighted by atomic mass is 9.81. The minimum Gasteiger partial charge on any atom is -0.507 e. The third kappa shape index (κ3) is 4.26. The van der Waals surface area contributed by atoms with Gasteiger partial charge in [0.1, 0.15) is 24.7 Å². The zero-order valence-electron chi connectivity index (χ0n) is 19.2. The van der Waals surface area contributed by atoms with Crippen molar-refractivity contribution >= 4 is 57.7 Å². The van der Waals surface area contributed by atoms with E-state index in [9.17, 15) is 19.8 Å². The first-order valence-electron chi connectivity index (χ1n) is 11.5. The summed E-state index contributed by atoms with van der Waals surface area (Å²) in [6.07, 6.45) is 0. The zero-order valence-corrected chi connectivity index (χ0v) is 20.8. The fourth-order valence-corrected chi connectivity index (χ4v) is 5.10. The summed E-state index contributed by atoms with van der Waals surface area (Å²) in [5.74, 6) is -1.82. The highest BCUT2D eigenvalue weighted by Gasteiger charge is 2.38. The molecule has 0 bridgehead atoms. The van der Waals surface area contributed by atoms with Crippen LogP contribution in [0.15, 0.2) is 24.3 Å².